The molecule has 48 heavy (non-hydrogen) atoms. The molecule has 2 amide bonds. The Labute approximate surface area is 286 Å². The quantitative estimate of drug-likeness (QED) is 0.0402. The Bertz CT molecular complexity index is 1780. The van der Waals surface area contributed by atoms with E-state index >= 15 is 0 Å². The summed E-state index contributed by atoms with van der Waals surface area (Å²) in [4.78, 5) is 30.9. The smallest absolute Gasteiger partial charge is 0.263 e. The minimum atomic E-state index is -0.245. The number of hydrogen-bond acceptors (Lipinski definition) is 7. The summed E-state index contributed by atoms with van der Waals surface area (Å²) in [6.07, 6.45) is 3.60. The zero-order chi connectivity index (χ0) is 33.6. The molecule has 1 aliphatic rings. The summed E-state index contributed by atoms with van der Waals surface area (Å²) in [6, 6.07) is 28.2. The van der Waals surface area contributed by atoms with E-state index < -0.39 is 0 Å². The van der Waals surface area contributed by atoms with E-state index in [4.69, 9.17) is 24.2 Å². The van der Waals surface area contributed by atoms with Gasteiger partial charge in [0.1, 0.15) is 11.5 Å². The molecule has 0 aliphatic carbocycles. The third-order valence-corrected chi connectivity index (χ3v) is 7.70. The lowest BCUT2D eigenvalue weighted by Gasteiger charge is -2.21. The molecule has 0 spiro atoms. The van der Waals surface area contributed by atoms with Crippen molar-refractivity contribution in [3.63, 3.8) is 0 Å². The number of rotatable bonds is 17. The number of ether oxygens (including phenoxy) is 3. The molecule has 0 unspecified atom stereocenters. The van der Waals surface area contributed by atoms with Crippen molar-refractivity contribution in [1.82, 2.24) is 5.32 Å². The molecular formula is C36H34BrN5O6. The van der Waals surface area contributed by atoms with E-state index in [0.717, 1.165) is 21.3 Å². The highest BCUT2D eigenvalue weighted by molar-refractivity contribution is 9.10. The predicted octanol–water partition coefficient (Wildman–Crippen LogP) is 7.27. The minimum Gasteiger partial charge on any atom is -0.457 e. The molecule has 1 aliphatic heterocycles. The first kappa shape index (κ1) is 34.4. The van der Waals surface area contributed by atoms with Gasteiger partial charge in [-0.25, -0.2) is 0 Å². The first-order chi connectivity index (χ1) is 23.5. The van der Waals surface area contributed by atoms with Crippen LogP contribution in [0, 0.1) is 0 Å². The SMILES string of the molecule is [N-]=[N+]=NCCOCCOCCOCCNC(=O)c1ccc(N2C(=O)/C(=C\c3ccc(-c4ccc(Br)cc4)o3)C=C2c2ccccc2)cc1. The molecule has 4 aromatic rings. The Morgan fingerprint density at radius 2 is 1.54 bits per heavy atom. The number of amides is 2. The monoisotopic (exact) mass is 711 g/mol. The zero-order valence-electron chi connectivity index (χ0n) is 26.1. The fourth-order valence-corrected chi connectivity index (χ4v) is 5.10. The Morgan fingerprint density at radius 3 is 2.25 bits per heavy atom. The van der Waals surface area contributed by atoms with Crippen molar-refractivity contribution in [3.8, 4) is 11.3 Å². The van der Waals surface area contributed by atoms with Crippen LogP contribution in [0.5, 0.6) is 0 Å². The largest absolute Gasteiger partial charge is 0.457 e. The Kier molecular flexibility index (Phi) is 12.8. The van der Waals surface area contributed by atoms with E-state index in [1.807, 2.05) is 72.8 Å². The van der Waals surface area contributed by atoms with Crippen LogP contribution in [0.1, 0.15) is 21.7 Å². The number of azide groups is 1. The molecule has 0 atom stereocenters. The van der Waals surface area contributed by atoms with Crippen LogP contribution in [0.3, 0.4) is 0 Å². The minimum absolute atomic E-state index is 0.202. The van der Waals surface area contributed by atoms with Crippen molar-refractivity contribution in [2.45, 2.75) is 0 Å². The molecule has 1 aromatic heterocycles. The van der Waals surface area contributed by atoms with Gasteiger partial charge in [-0.15, -0.1) is 0 Å². The van der Waals surface area contributed by atoms with Crippen molar-refractivity contribution < 1.29 is 28.2 Å². The van der Waals surface area contributed by atoms with E-state index in [0.29, 0.717) is 81.1 Å². The van der Waals surface area contributed by atoms with Crippen LogP contribution in [-0.4, -0.2) is 64.5 Å². The second-order valence-corrected chi connectivity index (χ2v) is 11.4. The van der Waals surface area contributed by atoms with Crippen molar-refractivity contribution >= 4 is 45.2 Å². The van der Waals surface area contributed by atoms with Crippen LogP contribution < -0.4 is 10.2 Å². The molecule has 2 heterocycles. The molecular weight excluding hydrogens is 678 g/mol. The Hall–Kier alpha value is -4.97. The van der Waals surface area contributed by atoms with Gasteiger partial charge in [0.2, 0.25) is 0 Å². The summed E-state index contributed by atoms with van der Waals surface area (Å²) in [5, 5.41) is 6.23. The lowest BCUT2D eigenvalue weighted by molar-refractivity contribution is -0.113. The lowest BCUT2D eigenvalue weighted by Crippen LogP contribution is -2.28. The van der Waals surface area contributed by atoms with Gasteiger partial charge in [0, 0.05) is 44.9 Å². The molecule has 5 rings (SSSR count). The summed E-state index contributed by atoms with van der Waals surface area (Å²) >= 11 is 3.45. The van der Waals surface area contributed by atoms with Gasteiger partial charge < -0.3 is 23.9 Å². The normalized spacial score (nSPS) is 13.4. The molecule has 12 heteroatoms. The number of anilines is 1. The summed E-state index contributed by atoms with van der Waals surface area (Å²) in [7, 11) is 0. The van der Waals surface area contributed by atoms with Crippen molar-refractivity contribution in [2.24, 2.45) is 5.11 Å². The highest BCUT2D eigenvalue weighted by Crippen LogP contribution is 2.36. The van der Waals surface area contributed by atoms with Crippen LogP contribution in [-0.2, 0) is 19.0 Å². The van der Waals surface area contributed by atoms with Gasteiger partial charge in [-0.05, 0) is 71.8 Å². The van der Waals surface area contributed by atoms with Crippen LogP contribution >= 0.6 is 15.9 Å². The summed E-state index contributed by atoms with van der Waals surface area (Å²) in [5.41, 5.74) is 12.3. The average Bonchev–Trinajstić information content (AvgIpc) is 3.71. The van der Waals surface area contributed by atoms with Gasteiger partial charge in [-0.1, -0.05) is 63.5 Å². The van der Waals surface area contributed by atoms with Crippen LogP contribution in [0.25, 0.3) is 33.5 Å². The van der Waals surface area contributed by atoms with Crippen LogP contribution in [0.4, 0.5) is 5.69 Å². The van der Waals surface area contributed by atoms with E-state index in [1.54, 1.807) is 35.2 Å². The van der Waals surface area contributed by atoms with E-state index in [1.165, 1.54) is 0 Å². The number of nitrogens with one attached hydrogen (secondary N) is 1. The molecule has 0 fully saturated rings. The maximum absolute atomic E-state index is 13.8. The number of halogens is 1. The number of carbonyl (C=O) groups is 2. The highest BCUT2D eigenvalue weighted by Gasteiger charge is 2.30. The first-order valence-electron chi connectivity index (χ1n) is 15.3. The number of carbonyl (C=O) groups excluding carboxylic acids is 2. The highest BCUT2D eigenvalue weighted by atomic mass is 79.9. The van der Waals surface area contributed by atoms with Gasteiger partial charge in [-0.3, -0.25) is 14.5 Å². The lowest BCUT2D eigenvalue weighted by atomic mass is 10.1. The van der Waals surface area contributed by atoms with Crippen LogP contribution in [0.2, 0.25) is 0 Å². The summed E-state index contributed by atoms with van der Waals surface area (Å²) < 4.78 is 23.2. The van der Waals surface area contributed by atoms with Gasteiger partial charge >= 0.3 is 0 Å². The standard InChI is InChI=1S/C36H34BrN5O6/c37-30-10-6-27(7-11-30)34-15-14-32(48-34)24-29-25-33(26-4-2-1-3-5-26)42(36(29)44)31-12-8-28(9-13-31)35(43)39-16-18-45-20-22-47-23-21-46-19-17-40-41-38/h1-15,24-25H,16-23H2,(H,39,43)/b29-24-. The molecule has 3 aromatic carbocycles. The van der Waals surface area contributed by atoms with Gasteiger partial charge in [0.15, 0.2) is 0 Å². The van der Waals surface area contributed by atoms with E-state index in [2.05, 4.69) is 31.3 Å². The zero-order valence-corrected chi connectivity index (χ0v) is 27.7. The Balaban J connectivity index is 1.15. The van der Waals surface area contributed by atoms with Crippen molar-refractivity contribution in [1.29, 1.82) is 0 Å². The molecule has 246 valence electrons. The fraction of sp³-hybridized carbons (Fsp3) is 0.222. The number of hydrogen-bond donors (Lipinski definition) is 1. The topological polar surface area (TPSA) is 139 Å². The average molecular weight is 713 g/mol. The van der Waals surface area contributed by atoms with Gasteiger partial charge in [0.05, 0.1) is 45.3 Å². The third-order valence-electron chi connectivity index (χ3n) is 7.17. The predicted molar refractivity (Wildman–Crippen MR) is 187 cm³/mol. The van der Waals surface area contributed by atoms with Crippen LogP contribution in [0.15, 0.2) is 117 Å². The summed E-state index contributed by atoms with van der Waals surface area (Å²) in [6.45, 7) is 2.91. The molecule has 0 saturated heterocycles. The molecule has 1 N–H and O–H groups in total. The second-order valence-electron chi connectivity index (χ2n) is 10.4. The number of benzene rings is 3. The van der Waals surface area contributed by atoms with Crippen molar-refractivity contribution in [3.05, 3.63) is 134 Å². The third kappa shape index (κ3) is 9.54. The molecule has 0 radical (unpaired) electrons. The van der Waals surface area contributed by atoms with E-state index in [-0.39, 0.29) is 11.8 Å². The first-order valence-corrected chi connectivity index (χ1v) is 16.1. The van der Waals surface area contributed by atoms with Crippen molar-refractivity contribution in [2.75, 3.05) is 57.6 Å². The maximum atomic E-state index is 13.8. The van der Waals surface area contributed by atoms with Gasteiger partial charge in [0.25, 0.3) is 11.8 Å². The Morgan fingerprint density at radius 1 is 0.854 bits per heavy atom. The molecule has 0 saturated carbocycles. The fourth-order valence-electron chi connectivity index (χ4n) is 4.84. The maximum Gasteiger partial charge on any atom is 0.263 e. The molecule has 11 nitrogen and oxygen atoms in total. The van der Waals surface area contributed by atoms with E-state index in [9.17, 15) is 9.59 Å². The van der Waals surface area contributed by atoms with Gasteiger partial charge in [-0.2, -0.15) is 0 Å². The number of nitrogens with zero attached hydrogens (tertiary/aromatic N) is 4. The summed E-state index contributed by atoms with van der Waals surface area (Å²) in [5.74, 6) is 0.824. The number of furan rings is 1. The second kappa shape index (κ2) is 17.8. The molecule has 0 bridgehead atoms.